The Morgan fingerprint density at radius 2 is 1.96 bits per heavy atom. The molecule has 2 rings (SSSR count). The minimum atomic E-state index is -0.680. The molecule has 0 spiro atoms. The zero-order valence-electron chi connectivity index (χ0n) is 17.2. The first-order valence-corrected chi connectivity index (χ1v) is 10.1. The highest BCUT2D eigenvalue weighted by Crippen LogP contribution is 2.41. The van der Waals surface area contributed by atoms with Crippen molar-refractivity contribution in [1.82, 2.24) is 4.90 Å². The number of aromatic hydroxyl groups is 1. The van der Waals surface area contributed by atoms with Crippen LogP contribution in [0.3, 0.4) is 0 Å². The monoisotopic (exact) mass is 389 g/mol. The third-order valence-corrected chi connectivity index (χ3v) is 5.28. The number of carbonyl (C=O) groups is 2. The van der Waals surface area contributed by atoms with Crippen LogP contribution >= 0.6 is 0 Å². The van der Waals surface area contributed by atoms with E-state index in [0.29, 0.717) is 24.5 Å². The molecule has 0 unspecified atom stereocenters. The number of aliphatic hydroxyl groups excluding tert-OH is 1. The second-order valence-electron chi connectivity index (χ2n) is 7.26. The van der Waals surface area contributed by atoms with Crippen molar-refractivity contribution in [1.29, 1.82) is 0 Å². The number of ether oxygens (including phenoxy) is 1. The van der Waals surface area contributed by atoms with Crippen molar-refractivity contribution in [3.8, 4) is 11.5 Å². The van der Waals surface area contributed by atoms with Gasteiger partial charge < -0.3 is 19.8 Å². The molecule has 6 heteroatoms. The number of unbranched alkanes of at least 4 members (excludes halogenated alkanes) is 1. The Labute approximate surface area is 166 Å². The van der Waals surface area contributed by atoms with Crippen molar-refractivity contribution in [2.45, 2.75) is 59.4 Å². The molecule has 0 saturated carbocycles. The summed E-state index contributed by atoms with van der Waals surface area (Å²) in [4.78, 5) is 26.6. The highest BCUT2D eigenvalue weighted by molar-refractivity contribution is 6.08. The van der Waals surface area contributed by atoms with Crippen molar-refractivity contribution in [2.24, 2.45) is 5.92 Å². The van der Waals surface area contributed by atoms with Crippen LogP contribution in [0.5, 0.6) is 11.5 Å². The van der Waals surface area contributed by atoms with Crippen molar-refractivity contribution in [2.75, 3.05) is 13.2 Å². The van der Waals surface area contributed by atoms with E-state index in [1.165, 1.54) is 13.0 Å². The summed E-state index contributed by atoms with van der Waals surface area (Å²) < 4.78 is 5.46. The van der Waals surface area contributed by atoms with Gasteiger partial charge in [0.05, 0.1) is 18.2 Å². The number of hydrogen-bond acceptors (Lipinski definition) is 5. The van der Waals surface area contributed by atoms with Gasteiger partial charge in [0, 0.05) is 6.54 Å². The molecular formula is C22H31NO5. The third kappa shape index (κ3) is 4.49. The summed E-state index contributed by atoms with van der Waals surface area (Å²) in [6, 6.07) is 4.11. The highest BCUT2D eigenvalue weighted by Gasteiger charge is 2.43. The lowest BCUT2D eigenvalue weighted by molar-refractivity contribution is -0.130. The number of ketones is 1. The predicted octanol–water partition coefficient (Wildman–Crippen LogP) is 4.29. The molecule has 2 N–H and O–H groups in total. The molecule has 0 saturated heterocycles. The van der Waals surface area contributed by atoms with Crippen LogP contribution in [-0.4, -0.2) is 40.0 Å². The number of benzene rings is 1. The van der Waals surface area contributed by atoms with Crippen LogP contribution in [0.25, 0.3) is 0 Å². The van der Waals surface area contributed by atoms with Gasteiger partial charge in [-0.3, -0.25) is 9.59 Å². The number of aliphatic hydroxyl groups is 1. The van der Waals surface area contributed by atoms with Crippen LogP contribution in [0, 0.1) is 5.92 Å². The molecule has 0 bridgehead atoms. The summed E-state index contributed by atoms with van der Waals surface area (Å²) in [6.07, 6.45) is 4.04. The van der Waals surface area contributed by atoms with Crippen molar-refractivity contribution in [3.05, 3.63) is 35.1 Å². The fourth-order valence-electron chi connectivity index (χ4n) is 3.72. The molecule has 28 heavy (non-hydrogen) atoms. The quantitative estimate of drug-likeness (QED) is 0.623. The number of carbonyl (C=O) groups excluding carboxylic acids is 2. The van der Waals surface area contributed by atoms with E-state index >= 15 is 0 Å². The fraction of sp³-hybridized carbons (Fsp3) is 0.545. The lowest BCUT2D eigenvalue weighted by atomic mass is 9.94. The average molecular weight is 389 g/mol. The Kier molecular flexibility index (Phi) is 7.49. The van der Waals surface area contributed by atoms with Gasteiger partial charge in [-0.1, -0.05) is 39.2 Å². The van der Waals surface area contributed by atoms with E-state index in [4.69, 9.17) is 4.74 Å². The van der Waals surface area contributed by atoms with E-state index in [9.17, 15) is 19.8 Å². The number of Topliss-reactive ketones (excluding diaryl/α,β-unsaturated/α-hetero) is 1. The Bertz CT molecular complexity index is 755. The number of amides is 1. The van der Waals surface area contributed by atoms with Gasteiger partial charge in [0.1, 0.15) is 0 Å². The summed E-state index contributed by atoms with van der Waals surface area (Å²) in [6.45, 7) is 8.22. The fourth-order valence-corrected chi connectivity index (χ4v) is 3.72. The zero-order chi connectivity index (χ0) is 20.8. The molecule has 1 aromatic rings. The Morgan fingerprint density at radius 3 is 2.54 bits per heavy atom. The summed E-state index contributed by atoms with van der Waals surface area (Å²) in [5, 5.41) is 20.4. The van der Waals surface area contributed by atoms with Crippen molar-refractivity contribution in [3.63, 3.8) is 0 Å². The molecule has 1 aromatic carbocycles. The van der Waals surface area contributed by atoms with Gasteiger partial charge in [0.2, 0.25) is 0 Å². The second-order valence-corrected chi connectivity index (χ2v) is 7.26. The number of hydrogen-bond donors (Lipinski definition) is 2. The maximum atomic E-state index is 12.8. The zero-order valence-corrected chi connectivity index (χ0v) is 17.2. The lowest BCUT2D eigenvalue weighted by Gasteiger charge is -2.30. The molecule has 0 fully saturated rings. The molecule has 1 amide bonds. The molecule has 154 valence electrons. The van der Waals surface area contributed by atoms with Crippen LogP contribution < -0.4 is 4.74 Å². The predicted molar refractivity (Wildman–Crippen MR) is 107 cm³/mol. The van der Waals surface area contributed by atoms with E-state index < -0.39 is 17.7 Å². The van der Waals surface area contributed by atoms with E-state index in [2.05, 4.69) is 13.8 Å². The van der Waals surface area contributed by atoms with Crippen LogP contribution in [-0.2, 0) is 9.59 Å². The summed E-state index contributed by atoms with van der Waals surface area (Å²) >= 11 is 0. The minimum absolute atomic E-state index is 0.00608. The first-order valence-electron chi connectivity index (χ1n) is 10.1. The summed E-state index contributed by atoms with van der Waals surface area (Å²) in [5.41, 5.74) is 0.734. The average Bonchev–Trinajstić information content (AvgIpc) is 2.91. The summed E-state index contributed by atoms with van der Waals surface area (Å²) in [7, 11) is 0. The lowest BCUT2D eigenvalue weighted by Crippen LogP contribution is -2.35. The first kappa shape index (κ1) is 21.8. The van der Waals surface area contributed by atoms with Gasteiger partial charge in [-0.2, -0.15) is 0 Å². The standard InChI is InChI=1S/C22H31NO5/c1-5-8-9-15(6-2)13-23-20(19(14(4)24)21(26)22(23)27)16-10-11-17(25)18(12-16)28-7-3/h10-12,15,20,25-26H,5-9,13H2,1-4H3/t15-,20-/m0/s1. The topological polar surface area (TPSA) is 87.1 Å². The van der Waals surface area contributed by atoms with Gasteiger partial charge in [0.15, 0.2) is 23.0 Å². The van der Waals surface area contributed by atoms with Gasteiger partial charge in [0.25, 0.3) is 5.91 Å². The van der Waals surface area contributed by atoms with Crippen LogP contribution in [0.1, 0.15) is 65.0 Å². The molecule has 0 aliphatic carbocycles. The highest BCUT2D eigenvalue weighted by atomic mass is 16.5. The van der Waals surface area contributed by atoms with E-state index in [1.54, 1.807) is 17.0 Å². The van der Waals surface area contributed by atoms with E-state index in [-0.39, 0.29) is 23.0 Å². The van der Waals surface area contributed by atoms with Gasteiger partial charge >= 0.3 is 0 Å². The molecule has 1 aliphatic rings. The van der Waals surface area contributed by atoms with E-state index in [0.717, 1.165) is 25.7 Å². The normalized spacial score (nSPS) is 17.9. The minimum Gasteiger partial charge on any atom is -0.504 e. The Hall–Kier alpha value is -2.50. The van der Waals surface area contributed by atoms with E-state index in [1.807, 2.05) is 6.92 Å². The molecule has 1 heterocycles. The smallest absolute Gasteiger partial charge is 0.290 e. The van der Waals surface area contributed by atoms with Crippen LogP contribution in [0.15, 0.2) is 29.5 Å². The SMILES string of the molecule is CCCC[C@H](CC)CN1C(=O)C(O)=C(C(C)=O)[C@@H]1c1ccc(O)c(OCC)c1. The molecule has 0 aromatic heterocycles. The number of phenolic OH excluding ortho intramolecular Hbond substituents is 1. The van der Waals surface area contributed by atoms with Crippen molar-refractivity contribution < 1.29 is 24.5 Å². The van der Waals surface area contributed by atoms with Crippen LogP contribution in [0.2, 0.25) is 0 Å². The number of rotatable bonds is 10. The molecule has 0 radical (unpaired) electrons. The second kappa shape index (κ2) is 9.62. The van der Waals surface area contributed by atoms with Gasteiger partial charge in [-0.05, 0) is 43.9 Å². The largest absolute Gasteiger partial charge is 0.504 e. The number of phenols is 1. The Balaban J connectivity index is 2.46. The molecule has 2 atom stereocenters. The van der Waals surface area contributed by atoms with Gasteiger partial charge in [-0.15, -0.1) is 0 Å². The van der Waals surface area contributed by atoms with Crippen molar-refractivity contribution >= 4 is 11.7 Å². The maximum absolute atomic E-state index is 12.8. The Morgan fingerprint density at radius 1 is 1.25 bits per heavy atom. The first-order chi connectivity index (χ1) is 13.3. The molecule has 6 nitrogen and oxygen atoms in total. The molecular weight excluding hydrogens is 358 g/mol. The van der Waals surface area contributed by atoms with Gasteiger partial charge in [-0.25, -0.2) is 0 Å². The third-order valence-electron chi connectivity index (χ3n) is 5.28. The number of nitrogens with zero attached hydrogens (tertiary/aromatic N) is 1. The maximum Gasteiger partial charge on any atom is 0.290 e. The summed E-state index contributed by atoms with van der Waals surface area (Å²) in [5.74, 6) is -0.766. The molecule has 1 aliphatic heterocycles. The van der Waals surface area contributed by atoms with Crippen LogP contribution in [0.4, 0.5) is 0 Å².